The van der Waals surface area contributed by atoms with E-state index in [4.69, 9.17) is 4.74 Å². The Morgan fingerprint density at radius 3 is 1.68 bits per heavy atom. The highest BCUT2D eigenvalue weighted by atomic mass is 16.6. The molecule has 0 atom stereocenters. The minimum Gasteiger partial charge on any atom is -0.450 e. The molecule has 25 heavy (non-hydrogen) atoms. The molecular formula is C17H28N4O4. The second kappa shape index (κ2) is 7.19. The van der Waals surface area contributed by atoms with Gasteiger partial charge in [0.05, 0.1) is 6.61 Å². The number of piperazine rings is 2. The van der Waals surface area contributed by atoms with Crippen molar-refractivity contribution in [2.45, 2.75) is 19.8 Å². The molecule has 2 aliphatic heterocycles. The van der Waals surface area contributed by atoms with Gasteiger partial charge in [0, 0.05) is 52.4 Å². The molecule has 3 aliphatic rings. The molecule has 0 spiro atoms. The molecular weight excluding hydrogens is 324 g/mol. The number of amides is 3. The number of hydrogen-bond acceptors (Lipinski definition) is 5. The molecule has 1 saturated carbocycles. The van der Waals surface area contributed by atoms with Crippen molar-refractivity contribution in [1.82, 2.24) is 19.6 Å². The normalized spacial score (nSPS) is 23.4. The van der Waals surface area contributed by atoms with Crippen molar-refractivity contribution in [1.29, 1.82) is 0 Å². The van der Waals surface area contributed by atoms with Gasteiger partial charge in [-0.25, -0.2) is 4.79 Å². The van der Waals surface area contributed by atoms with Gasteiger partial charge in [0.1, 0.15) is 5.41 Å². The predicted octanol–water partition coefficient (Wildman–Crippen LogP) is -0.159. The van der Waals surface area contributed by atoms with Crippen LogP contribution < -0.4 is 0 Å². The molecule has 3 amide bonds. The lowest BCUT2D eigenvalue weighted by atomic mass is 10.0. The Morgan fingerprint density at radius 1 is 0.800 bits per heavy atom. The lowest BCUT2D eigenvalue weighted by molar-refractivity contribution is -0.151. The molecule has 0 unspecified atom stereocenters. The van der Waals surface area contributed by atoms with Gasteiger partial charge in [-0.1, -0.05) is 0 Å². The highest BCUT2D eigenvalue weighted by Crippen LogP contribution is 2.49. The first-order chi connectivity index (χ1) is 12.0. The molecule has 2 saturated heterocycles. The molecule has 0 aromatic carbocycles. The van der Waals surface area contributed by atoms with Gasteiger partial charge in [0.2, 0.25) is 11.8 Å². The average Bonchev–Trinajstić information content (AvgIpc) is 3.43. The van der Waals surface area contributed by atoms with E-state index in [0.717, 1.165) is 13.1 Å². The zero-order valence-corrected chi connectivity index (χ0v) is 15.2. The van der Waals surface area contributed by atoms with Crippen LogP contribution >= 0.6 is 0 Å². The van der Waals surface area contributed by atoms with E-state index in [1.807, 2.05) is 11.9 Å². The van der Waals surface area contributed by atoms with E-state index in [0.29, 0.717) is 58.7 Å². The van der Waals surface area contributed by atoms with E-state index >= 15 is 0 Å². The summed E-state index contributed by atoms with van der Waals surface area (Å²) in [5.74, 6) is -0.0571. The quantitative estimate of drug-likeness (QED) is 0.660. The summed E-state index contributed by atoms with van der Waals surface area (Å²) >= 11 is 0. The fraction of sp³-hybridized carbons (Fsp3) is 0.824. The first kappa shape index (κ1) is 18.0. The van der Waals surface area contributed by atoms with Crippen molar-refractivity contribution in [3.05, 3.63) is 0 Å². The zero-order chi connectivity index (χ0) is 18.0. The molecule has 140 valence electrons. The summed E-state index contributed by atoms with van der Waals surface area (Å²) in [4.78, 5) is 45.0. The number of hydrogen-bond donors (Lipinski definition) is 0. The van der Waals surface area contributed by atoms with Crippen molar-refractivity contribution in [3.63, 3.8) is 0 Å². The Kier molecular flexibility index (Phi) is 5.17. The van der Waals surface area contributed by atoms with Crippen LogP contribution in [0.4, 0.5) is 4.79 Å². The van der Waals surface area contributed by atoms with E-state index in [9.17, 15) is 14.4 Å². The molecule has 0 aromatic heterocycles. The highest BCUT2D eigenvalue weighted by Gasteiger charge is 2.59. The first-order valence-corrected chi connectivity index (χ1v) is 9.17. The third-order valence-electron chi connectivity index (χ3n) is 5.45. The van der Waals surface area contributed by atoms with Gasteiger partial charge in [-0.3, -0.25) is 9.59 Å². The van der Waals surface area contributed by atoms with Crippen LogP contribution in [0.1, 0.15) is 19.8 Å². The fourth-order valence-electron chi connectivity index (χ4n) is 3.57. The maximum atomic E-state index is 13.0. The van der Waals surface area contributed by atoms with Crippen molar-refractivity contribution >= 4 is 17.9 Å². The minimum atomic E-state index is -0.831. The first-order valence-electron chi connectivity index (χ1n) is 9.17. The van der Waals surface area contributed by atoms with Crippen LogP contribution in [0.2, 0.25) is 0 Å². The molecule has 0 bridgehead atoms. The van der Waals surface area contributed by atoms with Crippen LogP contribution in [0.5, 0.6) is 0 Å². The predicted molar refractivity (Wildman–Crippen MR) is 90.9 cm³/mol. The van der Waals surface area contributed by atoms with Gasteiger partial charge in [-0.2, -0.15) is 0 Å². The van der Waals surface area contributed by atoms with Crippen LogP contribution in [-0.2, 0) is 14.3 Å². The second-order valence-electron chi connectivity index (χ2n) is 7.16. The number of rotatable bonds is 3. The summed E-state index contributed by atoms with van der Waals surface area (Å²) in [6.07, 6.45) is 0.966. The fourth-order valence-corrected chi connectivity index (χ4v) is 3.57. The van der Waals surface area contributed by atoms with Gasteiger partial charge < -0.3 is 24.3 Å². The Balaban J connectivity index is 1.56. The van der Waals surface area contributed by atoms with Gasteiger partial charge in [0.15, 0.2) is 0 Å². The monoisotopic (exact) mass is 352 g/mol. The summed E-state index contributed by atoms with van der Waals surface area (Å²) < 4.78 is 5.00. The smallest absolute Gasteiger partial charge is 0.409 e. The lowest BCUT2D eigenvalue weighted by Crippen LogP contribution is -2.56. The molecule has 0 radical (unpaired) electrons. The SMILES string of the molecule is CCOC(=O)N1CCN(C(=O)C2(C(=O)N3CCN(C)CC3)CC2)CC1. The molecule has 8 heteroatoms. The molecule has 3 fully saturated rings. The molecule has 0 aromatic rings. The Labute approximate surface area is 148 Å². The van der Waals surface area contributed by atoms with Crippen molar-refractivity contribution in [3.8, 4) is 0 Å². The summed E-state index contributed by atoms with van der Waals surface area (Å²) in [7, 11) is 2.04. The molecule has 0 N–H and O–H groups in total. The molecule has 8 nitrogen and oxygen atoms in total. The van der Waals surface area contributed by atoms with Gasteiger partial charge in [-0.15, -0.1) is 0 Å². The van der Waals surface area contributed by atoms with Crippen LogP contribution in [-0.4, -0.2) is 104 Å². The van der Waals surface area contributed by atoms with E-state index in [1.54, 1.807) is 16.7 Å². The van der Waals surface area contributed by atoms with E-state index in [-0.39, 0.29) is 17.9 Å². The third-order valence-corrected chi connectivity index (χ3v) is 5.45. The maximum Gasteiger partial charge on any atom is 0.409 e. The second-order valence-corrected chi connectivity index (χ2v) is 7.16. The summed E-state index contributed by atoms with van der Waals surface area (Å²) in [5, 5.41) is 0. The Morgan fingerprint density at radius 2 is 1.24 bits per heavy atom. The van der Waals surface area contributed by atoms with E-state index < -0.39 is 5.41 Å². The van der Waals surface area contributed by atoms with Crippen molar-refractivity contribution < 1.29 is 19.1 Å². The molecule has 3 rings (SSSR count). The standard InChI is InChI=1S/C17H28N4O4/c1-3-25-16(24)21-12-10-20(11-13-21)15(23)17(4-5-17)14(22)19-8-6-18(2)7-9-19/h3-13H2,1-2H3. The van der Waals surface area contributed by atoms with Gasteiger partial charge in [-0.05, 0) is 26.8 Å². The average molecular weight is 352 g/mol. The van der Waals surface area contributed by atoms with Gasteiger partial charge >= 0.3 is 6.09 Å². The number of nitrogens with zero attached hydrogens (tertiary/aromatic N) is 4. The summed E-state index contributed by atoms with van der Waals surface area (Å²) in [5.41, 5.74) is -0.831. The lowest BCUT2D eigenvalue weighted by Gasteiger charge is -2.38. The number of carbonyl (C=O) groups is 3. The maximum absolute atomic E-state index is 13.0. The van der Waals surface area contributed by atoms with E-state index in [1.165, 1.54) is 0 Å². The Hall–Kier alpha value is -1.83. The summed E-state index contributed by atoms with van der Waals surface area (Å²) in [6.45, 7) is 7.08. The Bertz CT molecular complexity index is 533. The van der Waals surface area contributed by atoms with Crippen LogP contribution in [0.15, 0.2) is 0 Å². The van der Waals surface area contributed by atoms with E-state index in [2.05, 4.69) is 4.90 Å². The molecule has 1 aliphatic carbocycles. The zero-order valence-electron chi connectivity index (χ0n) is 15.2. The van der Waals surface area contributed by atoms with Crippen molar-refractivity contribution in [2.75, 3.05) is 66.0 Å². The van der Waals surface area contributed by atoms with Gasteiger partial charge in [0.25, 0.3) is 0 Å². The molecule has 2 heterocycles. The number of carbonyl (C=O) groups excluding carboxylic acids is 3. The van der Waals surface area contributed by atoms with Crippen LogP contribution in [0.25, 0.3) is 0 Å². The number of ether oxygens (including phenoxy) is 1. The third kappa shape index (κ3) is 3.58. The minimum absolute atomic E-state index is 0.00146. The summed E-state index contributed by atoms with van der Waals surface area (Å²) in [6, 6.07) is 0. The van der Waals surface area contributed by atoms with Crippen LogP contribution in [0.3, 0.4) is 0 Å². The van der Waals surface area contributed by atoms with Crippen LogP contribution in [0, 0.1) is 5.41 Å². The number of likely N-dealkylation sites (N-methyl/N-ethyl adjacent to an activating group) is 1. The highest BCUT2D eigenvalue weighted by molar-refractivity contribution is 6.08. The topological polar surface area (TPSA) is 73.4 Å². The largest absolute Gasteiger partial charge is 0.450 e. The van der Waals surface area contributed by atoms with Crippen molar-refractivity contribution in [2.24, 2.45) is 5.41 Å².